The van der Waals surface area contributed by atoms with Crippen molar-refractivity contribution in [3.63, 3.8) is 0 Å². The lowest BCUT2D eigenvalue weighted by Gasteiger charge is -2.04. The van der Waals surface area contributed by atoms with Crippen LogP contribution in [0.25, 0.3) is 0 Å². The van der Waals surface area contributed by atoms with Gasteiger partial charge in [0.05, 0.1) is 5.75 Å². The molecule has 0 aliphatic rings. The number of benzene rings is 1. The van der Waals surface area contributed by atoms with E-state index < -0.39 is 0 Å². The number of rotatable bonds is 7. The fraction of sp³-hybridized carbons (Fsp3) is 0.417. The number of likely N-dealkylation sites (N-methyl/N-ethyl adjacent to an activating group) is 1. The van der Waals surface area contributed by atoms with Crippen LogP contribution in [0.15, 0.2) is 24.3 Å². The predicted molar refractivity (Wildman–Crippen MR) is 81.8 cm³/mol. The molecule has 0 aromatic heterocycles. The molecule has 0 aliphatic carbocycles. The first-order valence-corrected chi connectivity index (χ1v) is 6.99. The third-order valence-corrected chi connectivity index (χ3v) is 3.37. The van der Waals surface area contributed by atoms with Gasteiger partial charge >= 0.3 is 0 Å². The van der Waals surface area contributed by atoms with E-state index in [1.165, 1.54) is 5.56 Å². The second-order valence-electron chi connectivity index (χ2n) is 3.57. The number of hydrogen-bond donors (Lipinski definition) is 2. The molecular formula is C12H18Cl2N2OS. The van der Waals surface area contributed by atoms with Crippen molar-refractivity contribution in [2.24, 2.45) is 0 Å². The van der Waals surface area contributed by atoms with Gasteiger partial charge in [0, 0.05) is 23.9 Å². The first-order valence-electron chi connectivity index (χ1n) is 5.46. The Bertz CT molecular complexity index is 346. The molecule has 0 radical (unpaired) electrons. The third-order valence-electron chi connectivity index (χ3n) is 2.11. The molecule has 0 saturated heterocycles. The minimum Gasteiger partial charge on any atom is -0.354 e. The third kappa shape index (κ3) is 7.82. The SMILES string of the molecule is CNCCNC(=O)CSCc1ccc(Cl)cc1.Cl. The molecule has 0 unspecified atom stereocenters. The summed E-state index contributed by atoms with van der Waals surface area (Å²) in [6.07, 6.45) is 0. The number of hydrogen-bond acceptors (Lipinski definition) is 3. The molecule has 0 bridgehead atoms. The Hall–Kier alpha value is -0.420. The van der Waals surface area contributed by atoms with Gasteiger partial charge in [-0.25, -0.2) is 0 Å². The minimum absolute atomic E-state index is 0. The van der Waals surface area contributed by atoms with Gasteiger partial charge in [-0.2, -0.15) is 0 Å². The highest BCUT2D eigenvalue weighted by molar-refractivity contribution is 7.99. The van der Waals surface area contributed by atoms with Crippen molar-refractivity contribution in [2.75, 3.05) is 25.9 Å². The predicted octanol–water partition coefficient (Wildman–Crippen LogP) is 2.33. The molecule has 1 amide bonds. The monoisotopic (exact) mass is 308 g/mol. The largest absolute Gasteiger partial charge is 0.354 e. The summed E-state index contributed by atoms with van der Waals surface area (Å²) in [6, 6.07) is 7.69. The van der Waals surface area contributed by atoms with Gasteiger partial charge in [0.15, 0.2) is 0 Å². The first-order chi connectivity index (χ1) is 8.22. The molecule has 0 aliphatic heterocycles. The lowest BCUT2D eigenvalue weighted by atomic mass is 10.2. The Balaban J connectivity index is 0.00000289. The number of halogens is 2. The summed E-state index contributed by atoms with van der Waals surface area (Å²) in [4.78, 5) is 11.4. The molecule has 2 N–H and O–H groups in total. The highest BCUT2D eigenvalue weighted by Gasteiger charge is 2.01. The van der Waals surface area contributed by atoms with Crippen molar-refractivity contribution in [3.05, 3.63) is 34.9 Å². The van der Waals surface area contributed by atoms with E-state index in [1.54, 1.807) is 11.8 Å². The Morgan fingerprint density at radius 1 is 1.28 bits per heavy atom. The van der Waals surface area contributed by atoms with Crippen molar-refractivity contribution in [3.8, 4) is 0 Å². The smallest absolute Gasteiger partial charge is 0.230 e. The van der Waals surface area contributed by atoms with E-state index >= 15 is 0 Å². The van der Waals surface area contributed by atoms with Gasteiger partial charge in [-0.05, 0) is 24.7 Å². The summed E-state index contributed by atoms with van der Waals surface area (Å²) in [5.74, 6) is 1.40. The normalized spacial score (nSPS) is 9.67. The van der Waals surface area contributed by atoms with Crippen LogP contribution in [0.3, 0.4) is 0 Å². The standard InChI is InChI=1S/C12H17ClN2OS.ClH/c1-14-6-7-15-12(16)9-17-8-10-2-4-11(13)5-3-10;/h2-5,14H,6-9H2,1H3,(H,15,16);1H. The number of carbonyl (C=O) groups excluding carboxylic acids is 1. The molecule has 1 rings (SSSR count). The maximum atomic E-state index is 11.4. The Morgan fingerprint density at radius 2 is 1.94 bits per heavy atom. The summed E-state index contributed by atoms with van der Waals surface area (Å²) >= 11 is 7.39. The van der Waals surface area contributed by atoms with Crippen LogP contribution in [-0.4, -0.2) is 31.8 Å². The maximum absolute atomic E-state index is 11.4. The maximum Gasteiger partial charge on any atom is 0.230 e. The fourth-order valence-corrected chi connectivity index (χ4v) is 2.16. The van der Waals surface area contributed by atoms with Crippen LogP contribution in [0.2, 0.25) is 5.02 Å². The molecule has 0 spiro atoms. The van der Waals surface area contributed by atoms with Crippen LogP contribution < -0.4 is 10.6 Å². The Morgan fingerprint density at radius 3 is 2.56 bits per heavy atom. The van der Waals surface area contributed by atoms with E-state index in [0.29, 0.717) is 12.3 Å². The summed E-state index contributed by atoms with van der Waals surface area (Å²) in [6.45, 7) is 1.48. The van der Waals surface area contributed by atoms with Gasteiger partial charge in [-0.1, -0.05) is 23.7 Å². The van der Waals surface area contributed by atoms with Crippen molar-refractivity contribution >= 4 is 41.7 Å². The van der Waals surface area contributed by atoms with Gasteiger partial charge in [0.2, 0.25) is 5.91 Å². The lowest BCUT2D eigenvalue weighted by molar-refractivity contribution is -0.118. The van der Waals surface area contributed by atoms with Crippen LogP contribution in [0, 0.1) is 0 Å². The second kappa shape index (κ2) is 10.5. The number of thioether (sulfide) groups is 1. The Labute approximate surface area is 123 Å². The van der Waals surface area contributed by atoms with Crippen LogP contribution in [-0.2, 0) is 10.5 Å². The van der Waals surface area contributed by atoms with Crippen molar-refractivity contribution in [1.29, 1.82) is 0 Å². The van der Waals surface area contributed by atoms with Gasteiger partial charge in [0.1, 0.15) is 0 Å². The molecule has 0 fully saturated rings. The van der Waals surface area contributed by atoms with E-state index in [1.807, 2.05) is 31.3 Å². The summed E-state index contributed by atoms with van der Waals surface area (Å²) in [7, 11) is 1.86. The van der Waals surface area contributed by atoms with Crippen molar-refractivity contribution < 1.29 is 4.79 Å². The molecule has 3 nitrogen and oxygen atoms in total. The quantitative estimate of drug-likeness (QED) is 0.760. The van der Waals surface area contributed by atoms with Crippen LogP contribution in [0.4, 0.5) is 0 Å². The van der Waals surface area contributed by atoms with Gasteiger partial charge in [-0.3, -0.25) is 4.79 Å². The average Bonchev–Trinajstić information content (AvgIpc) is 2.32. The topological polar surface area (TPSA) is 41.1 Å². The van der Waals surface area contributed by atoms with E-state index in [0.717, 1.165) is 17.3 Å². The molecule has 0 atom stereocenters. The zero-order valence-corrected chi connectivity index (χ0v) is 12.6. The zero-order valence-electron chi connectivity index (χ0n) is 10.2. The summed E-state index contributed by atoms with van der Waals surface area (Å²) < 4.78 is 0. The van der Waals surface area contributed by atoms with Gasteiger partial charge in [0.25, 0.3) is 0 Å². The average molecular weight is 309 g/mol. The summed E-state index contributed by atoms with van der Waals surface area (Å²) in [5, 5.41) is 6.55. The van der Waals surface area contributed by atoms with E-state index in [2.05, 4.69) is 10.6 Å². The molecular weight excluding hydrogens is 291 g/mol. The minimum atomic E-state index is 0. The second-order valence-corrected chi connectivity index (χ2v) is 4.99. The van der Waals surface area contributed by atoms with Crippen molar-refractivity contribution in [1.82, 2.24) is 10.6 Å². The molecule has 102 valence electrons. The van der Waals surface area contributed by atoms with Gasteiger partial charge < -0.3 is 10.6 Å². The van der Waals surface area contributed by atoms with Crippen LogP contribution >= 0.6 is 35.8 Å². The number of nitrogens with one attached hydrogen (secondary N) is 2. The van der Waals surface area contributed by atoms with Crippen LogP contribution in [0.1, 0.15) is 5.56 Å². The fourth-order valence-electron chi connectivity index (χ4n) is 1.22. The number of amides is 1. The molecule has 0 saturated carbocycles. The summed E-state index contributed by atoms with van der Waals surface area (Å²) in [5.41, 5.74) is 1.18. The van der Waals surface area contributed by atoms with Gasteiger partial charge in [-0.15, -0.1) is 24.2 Å². The van der Waals surface area contributed by atoms with E-state index in [4.69, 9.17) is 11.6 Å². The molecule has 1 aromatic rings. The zero-order chi connectivity index (χ0) is 12.5. The Kier molecular flexibility index (Phi) is 10.3. The molecule has 6 heteroatoms. The highest BCUT2D eigenvalue weighted by Crippen LogP contribution is 2.15. The van der Waals surface area contributed by atoms with Crippen molar-refractivity contribution in [2.45, 2.75) is 5.75 Å². The lowest BCUT2D eigenvalue weighted by Crippen LogP contribution is -2.31. The molecule has 1 aromatic carbocycles. The molecule has 0 heterocycles. The van der Waals surface area contributed by atoms with E-state index in [9.17, 15) is 4.79 Å². The molecule has 18 heavy (non-hydrogen) atoms. The highest BCUT2D eigenvalue weighted by atomic mass is 35.5. The van der Waals surface area contributed by atoms with E-state index in [-0.39, 0.29) is 18.3 Å². The number of carbonyl (C=O) groups is 1. The first kappa shape index (κ1) is 17.6. The van der Waals surface area contributed by atoms with Crippen LogP contribution in [0.5, 0.6) is 0 Å².